The van der Waals surface area contributed by atoms with E-state index in [1.54, 1.807) is 0 Å². The first-order chi connectivity index (χ1) is 6.99. The fourth-order valence-electron chi connectivity index (χ4n) is 1.65. The van der Waals surface area contributed by atoms with Crippen LogP contribution in [0.3, 0.4) is 0 Å². The van der Waals surface area contributed by atoms with Gasteiger partial charge in [0.15, 0.2) is 0 Å². The van der Waals surface area contributed by atoms with Crippen LogP contribution in [0.5, 0.6) is 0 Å². The van der Waals surface area contributed by atoms with Gasteiger partial charge in [-0.1, -0.05) is 45.0 Å². The molecular formula is C13H22N2. The highest BCUT2D eigenvalue weighted by Crippen LogP contribution is 2.23. The van der Waals surface area contributed by atoms with Crippen molar-refractivity contribution >= 4 is 0 Å². The Morgan fingerprint density at radius 1 is 0.933 bits per heavy atom. The molecule has 15 heavy (non-hydrogen) atoms. The second-order valence-electron chi connectivity index (χ2n) is 4.88. The topological polar surface area (TPSA) is 24.1 Å². The number of nitrogens with one attached hydrogen (secondary N) is 2. The molecule has 1 aromatic carbocycles. The summed E-state index contributed by atoms with van der Waals surface area (Å²) < 4.78 is 0. The molecule has 2 nitrogen and oxygen atoms in total. The van der Waals surface area contributed by atoms with E-state index in [9.17, 15) is 0 Å². The Hall–Kier alpha value is -0.860. The van der Waals surface area contributed by atoms with Gasteiger partial charge in [-0.2, -0.15) is 0 Å². The van der Waals surface area contributed by atoms with E-state index in [0.29, 0.717) is 0 Å². The van der Waals surface area contributed by atoms with E-state index in [0.717, 1.165) is 0 Å². The van der Waals surface area contributed by atoms with Crippen molar-refractivity contribution in [2.75, 3.05) is 14.1 Å². The van der Waals surface area contributed by atoms with Crippen LogP contribution in [0.15, 0.2) is 24.3 Å². The molecule has 0 aliphatic carbocycles. The summed E-state index contributed by atoms with van der Waals surface area (Å²) in [5, 5.41) is 6.43. The number of hydrogen-bond acceptors (Lipinski definition) is 2. The number of benzene rings is 1. The smallest absolute Gasteiger partial charge is 0.0830 e. The second kappa shape index (κ2) is 4.77. The van der Waals surface area contributed by atoms with Crippen molar-refractivity contribution in [2.24, 2.45) is 0 Å². The highest BCUT2D eigenvalue weighted by atomic mass is 15.1. The molecule has 0 saturated carbocycles. The zero-order valence-electron chi connectivity index (χ0n) is 10.4. The van der Waals surface area contributed by atoms with Crippen LogP contribution in [0.25, 0.3) is 0 Å². The summed E-state index contributed by atoms with van der Waals surface area (Å²) in [7, 11) is 3.91. The minimum atomic E-state index is 0.229. The van der Waals surface area contributed by atoms with Gasteiger partial charge in [0.25, 0.3) is 0 Å². The maximum absolute atomic E-state index is 3.22. The van der Waals surface area contributed by atoms with Crippen LogP contribution in [0, 0.1) is 0 Å². The van der Waals surface area contributed by atoms with E-state index >= 15 is 0 Å². The fraction of sp³-hybridized carbons (Fsp3) is 0.538. The Kier molecular flexibility index (Phi) is 3.89. The average Bonchev–Trinajstić information content (AvgIpc) is 2.19. The summed E-state index contributed by atoms with van der Waals surface area (Å²) >= 11 is 0. The van der Waals surface area contributed by atoms with Gasteiger partial charge in [-0.3, -0.25) is 0 Å². The summed E-state index contributed by atoms with van der Waals surface area (Å²) in [6.45, 7) is 6.70. The van der Waals surface area contributed by atoms with E-state index < -0.39 is 0 Å². The third kappa shape index (κ3) is 3.05. The molecule has 0 aliphatic rings. The first-order valence-corrected chi connectivity index (χ1v) is 5.44. The van der Waals surface area contributed by atoms with Crippen molar-refractivity contribution in [2.45, 2.75) is 32.4 Å². The number of hydrogen-bond donors (Lipinski definition) is 2. The third-order valence-corrected chi connectivity index (χ3v) is 2.69. The first kappa shape index (κ1) is 12.2. The quantitative estimate of drug-likeness (QED) is 0.742. The summed E-state index contributed by atoms with van der Waals surface area (Å²) in [5.74, 6) is 0. The largest absolute Gasteiger partial charge is 0.301 e. The summed E-state index contributed by atoms with van der Waals surface area (Å²) in [5.41, 5.74) is 2.87. The van der Waals surface area contributed by atoms with Crippen molar-refractivity contribution in [3.63, 3.8) is 0 Å². The zero-order chi connectivity index (χ0) is 11.5. The van der Waals surface area contributed by atoms with Crippen molar-refractivity contribution < 1.29 is 0 Å². The highest BCUT2D eigenvalue weighted by molar-refractivity contribution is 5.28. The Bertz CT molecular complexity index is 291. The molecule has 2 heteroatoms. The van der Waals surface area contributed by atoms with Crippen LogP contribution in [-0.2, 0) is 5.41 Å². The van der Waals surface area contributed by atoms with Crippen LogP contribution in [0.4, 0.5) is 0 Å². The molecule has 1 aromatic rings. The number of rotatable bonds is 3. The minimum absolute atomic E-state index is 0.229. The van der Waals surface area contributed by atoms with E-state index in [4.69, 9.17) is 0 Å². The maximum Gasteiger partial charge on any atom is 0.0830 e. The fourth-order valence-corrected chi connectivity index (χ4v) is 1.65. The first-order valence-electron chi connectivity index (χ1n) is 5.44. The molecule has 0 heterocycles. The predicted molar refractivity (Wildman–Crippen MR) is 66.0 cm³/mol. The molecule has 0 aromatic heterocycles. The lowest BCUT2D eigenvalue weighted by molar-refractivity contribution is 0.518. The van der Waals surface area contributed by atoms with Crippen molar-refractivity contribution in [3.05, 3.63) is 35.4 Å². The van der Waals surface area contributed by atoms with Crippen LogP contribution >= 0.6 is 0 Å². The van der Waals surface area contributed by atoms with Gasteiger partial charge in [-0.15, -0.1) is 0 Å². The second-order valence-corrected chi connectivity index (χ2v) is 4.88. The average molecular weight is 206 g/mol. The molecule has 0 bridgehead atoms. The molecule has 0 amide bonds. The van der Waals surface area contributed by atoms with Gasteiger partial charge in [0.05, 0.1) is 6.17 Å². The van der Waals surface area contributed by atoms with Crippen molar-refractivity contribution in [1.82, 2.24) is 10.6 Å². The lowest BCUT2D eigenvalue weighted by atomic mass is 9.86. The molecule has 1 rings (SSSR count). The normalized spacial score (nSPS) is 12.1. The molecule has 0 saturated heterocycles. The lowest BCUT2D eigenvalue weighted by Crippen LogP contribution is -2.28. The SMILES string of the molecule is CNC(NC)c1ccc(C(C)(C)C)cc1. The molecular weight excluding hydrogens is 184 g/mol. The molecule has 0 fully saturated rings. The molecule has 0 radical (unpaired) electrons. The summed E-state index contributed by atoms with van der Waals surface area (Å²) in [6.07, 6.45) is 0.235. The van der Waals surface area contributed by atoms with Gasteiger partial charge in [0.2, 0.25) is 0 Å². The summed E-state index contributed by atoms with van der Waals surface area (Å²) in [4.78, 5) is 0. The van der Waals surface area contributed by atoms with E-state index in [2.05, 4.69) is 55.7 Å². The van der Waals surface area contributed by atoms with Gasteiger partial charge < -0.3 is 10.6 Å². The Labute approximate surface area is 93.1 Å². The third-order valence-electron chi connectivity index (χ3n) is 2.69. The molecule has 0 aliphatic heterocycles. The minimum Gasteiger partial charge on any atom is -0.301 e. The van der Waals surface area contributed by atoms with Gasteiger partial charge in [-0.25, -0.2) is 0 Å². The van der Waals surface area contributed by atoms with E-state index in [1.165, 1.54) is 11.1 Å². The zero-order valence-corrected chi connectivity index (χ0v) is 10.4. The maximum atomic E-state index is 3.22. The van der Waals surface area contributed by atoms with Crippen LogP contribution in [-0.4, -0.2) is 14.1 Å². The molecule has 0 unspecified atom stereocenters. The molecule has 0 spiro atoms. The standard InChI is InChI=1S/C13H22N2/c1-13(2,3)11-8-6-10(7-9-11)12(14-4)15-5/h6-9,12,14-15H,1-5H3. The van der Waals surface area contributed by atoms with Crippen molar-refractivity contribution in [1.29, 1.82) is 0 Å². The van der Waals surface area contributed by atoms with Gasteiger partial charge in [-0.05, 0) is 30.6 Å². The Morgan fingerprint density at radius 2 is 1.40 bits per heavy atom. The van der Waals surface area contributed by atoms with Gasteiger partial charge in [0, 0.05) is 0 Å². The van der Waals surface area contributed by atoms with Crippen LogP contribution in [0.1, 0.15) is 38.1 Å². The monoisotopic (exact) mass is 206 g/mol. The van der Waals surface area contributed by atoms with E-state index in [-0.39, 0.29) is 11.6 Å². The van der Waals surface area contributed by atoms with E-state index in [1.807, 2.05) is 14.1 Å². The molecule has 0 atom stereocenters. The van der Waals surface area contributed by atoms with Gasteiger partial charge >= 0.3 is 0 Å². The lowest BCUT2D eigenvalue weighted by Gasteiger charge is -2.21. The van der Waals surface area contributed by atoms with Crippen LogP contribution in [0.2, 0.25) is 0 Å². The molecule has 2 N–H and O–H groups in total. The Morgan fingerprint density at radius 3 is 1.73 bits per heavy atom. The van der Waals surface area contributed by atoms with Crippen LogP contribution < -0.4 is 10.6 Å². The Balaban J connectivity index is 2.89. The highest BCUT2D eigenvalue weighted by Gasteiger charge is 2.14. The predicted octanol–water partition coefficient (Wildman–Crippen LogP) is 2.42. The molecule has 84 valence electrons. The van der Waals surface area contributed by atoms with Crippen molar-refractivity contribution in [3.8, 4) is 0 Å². The summed E-state index contributed by atoms with van der Waals surface area (Å²) in [6, 6.07) is 8.77. The van der Waals surface area contributed by atoms with Gasteiger partial charge in [0.1, 0.15) is 0 Å².